The summed E-state index contributed by atoms with van der Waals surface area (Å²) in [4.78, 5) is 24.0. The highest BCUT2D eigenvalue weighted by Gasteiger charge is 2.33. The minimum atomic E-state index is -0.830. The van der Waals surface area contributed by atoms with Crippen LogP contribution in [-0.4, -0.2) is 41.0 Å². The van der Waals surface area contributed by atoms with Gasteiger partial charge in [0.2, 0.25) is 5.91 Å². The number of hydrogen-bond acceptors (Lipinski definition) is 3. The number of hydrogen-bond donors (Lipinski definition) is 2. The third-order valence-electron chi connectivity index (χ3n) is 2.85. The van der Waals surface area contributed by atoms with Crippen LogP contribution in [0.4, 0.5) is 0 Å². The summed E-state index contributed by atoms with van der Waals surface area (Å²) >= 11 is 0. The van der Waals surface area contributed by atoms with Crippen LogP contribution in [-0.2, 0) is 9.59 Å². The number of carbonyl (C=O) groups excluding carboxylic acids is 1. The molecule has 0 spiro atoms. The van der Waals surface area contributed by atoms with Gasteiger partial charge in [0.05, 0.1) is 12.0 Å². The fourth-order valence-corrected chi connectivity index (χ4v) is 1.66. The zero-order valence-corrected chi connectivity index (χ0v) is 9.14. The molecule has 5 nitrogen and oxygen atoms in total. The lowest BCUT2D eigenvalue weighted by atomic mass is 10.0. The summed E-state index contributed by atoms with van der Waals surface area (Å²) in [6.45, 7) is 4.57. The summed E-state index contributed by atoms with van der Waals surface area (Å²) in [5.41, 5.74) is 5.72. The maximum absolute atomic E-state index is 11.8. The summed E-state index contributed by atoms with van der Waals surface area (Å²) in [5.74, 6) is -1.30. The Balaban J connectivity index is 2.54. The molecule has 2 atom stereocenters. The molecule has 0 aliphatic carbocycles. The van der Waals surface area contributed by atoms with E-state index in [1.807, 2.05) is 13.8 Å². The van der Waals surface area contributed by atoms with Crippen molar-refractivity contribution in [2.75, 3.05) is 13.1 Å². The number of carboxylic acid groups (broad SMARTS) is 1. The predicted molar refractivity (Wildman–Crippen MR) is 55.1 cm³/mol. The Labute approximate surface area is 89.2 Å². The number of rotatable bonds is 3. The van der Waals surface area contributed by atoms with Crippen LogP contribution in [0.1, 0.15) is 20.3 Å². The van der Waals surface area contributed by atoms with Crippen molar-refractivity contribution in [3.63, 3.8) is 0 Å². The molecule has 0 aromatic carbocycles. The summed E-state index contributed by atoms with van der Waals surface area (Å²) in [7, 11) is 0. The molecule has 0 aromatic heterocycles. The molecular weight excluding hydrogens is 196 g/mol. The van der Waals surface area contributed by atoms with Crippen molar-refractivity contribution >= 4 is 11.9 Å². The number of nitrogens with two attached hydrogens (primary N) is 1. The zero-order chi connectivity index (χ0) is 11.6. The van der Waals surface area contributed by atoms with Crippen molar-refractivity contribution < 1.29 is 14.7 Å². The number of likely N-dealkylation sites (tertiary alicyclic amines) is 1. The predicted octanol–water partition coefficient (Wildman–Crippen LogP) is -0.0972. The number of amides is 1. The Morgan fingerprint density at radius 1 is 1.47 bits per heavy atom. The van der Waals surface area contributed by atoms with Gasteiger partial charge in [-0.15, -0.1) is 0 Å². The number of nitrogens with zero attached hydrogens (tertiary/aromatic N) is 1. The first-order valence-corrected chi connectivity index (χ1v) is 5.20. The number of carboxylic acids is 1. The van der Waals surface area contributed by atoms with Crippen LogP contribution in [0.5, 0.6) is 0 Å². The van der Waals surface area contributed by atoms with Crippen LogP contribution in [0.15, 0.2) is 0 Å². The highest BCUT2D eigenvalue weighted by Crippen LogP contribution is 2.18. The van der Waals surface area contributed by atoms with Gasteiger partial charge in [-0.25, -0.2) is 0 Å². The second-order valence-electron chi connectivity index (χ2n) is 4.38. The van der Waals surface area contributed by atoms with Crippen molar-refractivity contribution in [2.24, 2.45) is 17.6 Å². The first-order chi connectivity index (χ1) is 6.93. The van der Waals surface area contributed by atoms with E-state index in [1.165, 1.54) is 0 Å². The van der Waals surface area contributed by atoms with Crippen molar-refractivity contribution in [3.05, 3.63) is 0 Å². The van der Waals surface area contributed by atoms with E-state index < -0.39 is 17.9 Å². The van der Waals surface area contributed by atoms with Crippen LogP contribution in [0.2, 0.25) is 0 Å². The van der Waals surface area contributed by atoms with Crippen LogP contribution in [0, 0.1) is 11.8 Å². The second-order valence-corrected chi connectivity index (χ2v) is 4.38. The molecule has 15 heavy (non-hydrogen) atoms. The van der Waals surface area contributed by atoms with Gasteiger partial charge in [0, 0.05) is 13.1 Å². The highest BCUT2D eigenvalue weighted by molar-refractivity contribution is 5.83. The lowest BCUT2D eigenvalue weighted by molar-refractivity contribution is -0.141. The fraction of sp³-hybridized carbons (Fsp3) is 0.800. The maximum Gasteiger partial charge on any atom is 0.308 e. The lowest BCUT2D eigenvalue weighted by Gasteiger charge is -2.22. The quantitative estimate of drug-likeness (QED) is 0.687. The molecule has 1 heterocycles. The molecule has 1 rings (SSSR count). The summed E-state index contributed by atoms with van der Waals surface area (Å²) < 4.78 is 0. The molecule has 0 radical (unpaired) electrons. The van der Waals surface area contributed by atoms with E-state index in [0.717, 1.165) is 0 Å². The Bertz CT molecular complexity index is 265. The smallest absolute Gasteiger partial charge is 0.308 e. The Morgan fingerprint density at radius 2 is 2.07 bits per heavy atom. The van der Waals surface area contributed by atoms with Crippen LogP contribution >= 0.6 is 0 Å². The molecule has 1 saturated heterocycles. The summed E-state index contributed by atoms with van der Waals surface area (Å²) in [6, 6.07) is -0.516. The molecule has 86 valence electrons. The molecular formula is C10H18N2O3. The first-order valence-electron chi connectivity index (χ1n) is 5.20. The van der Waals surface area contributed by atoms with Gasteiger partial charge < -0.3 is 15.7 Å². The lowest BCUT2D eigenvalue weighted by Crippen LogP contribution is -2.45. The number of carbonyl (C=O) groups is 2. The van der Waals surface area contributed by atoms with Gasteiger partial charge in [-0.05, 0) is 12.3 Å². The molecule has 0 bridgehead atoms. The number of aliphatic carboxylic acids is 1. The van der Waals surface area contributed by atoms with E-state index in [2.05, 4.69) is 0 Å². The molecule has 1 fully saturated rings. The third kappa shape index (κ3) is 2.68. The average molecular weight is 214 g/mol. The largest absolute Gasteiger partial charge is 0.481 e. The molecule has 0 saturated carbocycles. The maximum atomic E-state index is 11.8. The molecule has 1 aliphatic rings. The van der Waals surface area contributed by atoms with Gasteiger partial charge in [0.25, 0.3) is 0 Å². The average Bonchev–Trinajstić information content (AvgIpc) is 2.64. The molecule has 1 amide bonds. The van der Waals surface area contributed by atoms with E-state index in [4.69, 9.17) is 10.8 Å². The van der Waals surface area contributed by atoms with Crippen LogP contribution in [0.25, 0.3) is 0 Å². The van der Waals surface area contributed by atoms with Gasteiger partial charge in [0.1, 0.15) is 0 Å². The molecule has 3 N–H and O–H groups in total. The summed E-state index contributed by atoms with van der Waals surface area (Å²) in [5, 5.41) is 8.79. The zero-order valence-electron chi connectivity index (χ0n) is 9.14. The Morgan fingerprint density at radius 3 is 2.47 bits per heavy atom. The molecule has 1 unspecified atom stereocenters. The van der Waals surface area contributed by atoms with Gasteiger partial charge in [-0.3, -0.25) is 9.59 Å². The van der Waals surface area contributed by atoms with E-state index in [1.54, 1.807) is 4.90 Å². The Kier molecular flexibility index (Phi) is 3.68. The Hall–Kier alpha value is -1.10. The molecule has 0 aromatic rings. The van der Waals surface area contributed by atoms with Gasteiger partial charge in [0.15, 0.2) is 0 Å². The second kappa shape index (κ2) is 4.61. The monoisotopic (exact) mass is 214 g/mol. The van der Waals surface area contributed by atoms with Gasteiger partial charge in [-0.2, -0.15) is 0 Å². The first kappa shape index (κ1) is 12.0. The van der Waals surface area contributed by atoms with Crippen molar-refractivity contribution in [1.82, 2.24) is 4.90 Å². The van der Waals surface area contributed by atoms with Gasteiger partial charge in [-0.1, -0.05) is 13.8 Å². The van der Waals surface area contributed by atoms with E-state index in [-0.39, 0.29) is 11.8 Å². The van der Waals surface area contributed by atoms with Gasteiger partial charge >= 0.3 is 5.97 Å². The minimum absolute atomic E-state index is 0.0846. The fourth-order valence-electron chi connectivity index (χ4n) is 1.66. The molecule has 5 heteroatoms. The highest BCUT2D eigenvalue weighted by atomic mass is 16.4. The van der Waals surface area contributed by atoms with Crippen molar-refractivity contribution in [2.45, 2.75) is 26.3 Å². The minimum Gasteiger partial charge on any atom is -0.481 e. The summed E-state index contributed by atoms with van der Waals surface area (Å²) in [6.07, 6.45) is 0.534. The SMILES string of the molecule is CC(C)[C@H](N)C(=O)N1CCC(C(=O)O)C1. The van der Waals surface area contributed by atoms with E-state index in [9.17, 15) is 9.59 Å². The van der Waals surface area contributed by atoms with Crippen molar-refractivity contribution in [1.29, 1.82) is 0 Å². The van der Waals surface area contributed by atoms with E-state index >= 15 is 0 Å². The van der Waals surface area contributed by atoms with Crippen LogP contribution in [0.3, 0.4) is 0 Å². The standard InChI is InChI=1S/C10H18N2O3/c1-6(2)8(11)9(13)12-4-3-7(5-12)10(14)15/h6-8H,3-5,11H2,1-2H3,(H,14,15)/t7?,8-/m0/s1. The van der Waals surface area contributed by atoms with E-state index in [0.29, 0.717) is 19.5 Å². The topological polar surface area (TPSA) is 83.6 Å². The normalized spacial score (nSPS) is 23.2. The van der Waals surface area contributed by atoms with Crippen molar-refractivity contribution in [3.8, 4) is 0 Å². The van der Waals surface area contributed by atoms with Crippen LogP contribution < -0.4 is 5.73 Å². The molecule has 1 aliphatic heterocycles. The third-order valence-corrected chi connectivity index (χ3v) is 2.85.